The smallest absolute Gasteiger partial charge is 0.211 e. The van der Waals surface area contributed by atoms with Crippen LogP contribution in [0.25, 0.3) is 0 Å². The molecule has 0 atom stereocenters. The molecule has 0 aliphatic rings. The maximum atomic E-state index is 11.0. The van der Waals surface area contributed by atoms with Crippen LogP contribution in [0.4, 0.5) is 0 Å². The zero-order valence-electron chi connectivity index (χ0n) is 10.3. The largest absolute Gasteiger partial charge is 0.282 e. The summed E-state index contributed by atoms with van der Waals surface area (Å²) in [5.41, 5.74) is 0. The van der Waals surface area contributed by atoms with Crippen LogP contribution in [0, 0.1) is 0 Å². The first-order valence-corrected chi connectivity index (χ1v) is 9.42. The summed E-state index contributed by atoms with van der Waals surface area (Å²) in [5, 5.41) is 8.30. The molecule has 0 N–H and O–H groups in total. The predicted molar refractivity (Wildman–Crippen MR) is 83.9 cm³/mol. The molecule has 18 heavy (non-hydrogen) atoms. The SMILES string of the molecule is C=CC(=O)SCCSc1nnc(SCCCC)s1. The standard InChI is InChI=1S/C11H16N2OS4/c1-3-5-6-16-10-12-13-11(18-10)17-8-7-15-9(14)4-2/h4H,2-3,5-8H2,1H3. The maximum absolute atomic E-state index is 11.0. The summed E-state index contributed by atoms with van der Waals surface area (Å²) in [7, 11) is 0. The van der Waals surface area contributed by atoms with E-state index in [1.54, 1.807) is 34.9 Å². The monoisotopic (exact) mass is 320 g/mol. The number of unbranched alkanes of at least 4 members (excludes halogenated alkanes) is 1. The lowest BCUT2D eigenvalue weighted by molar-refractivity contribution is -0.107. The quantitative estimate of drug-likeness (QED) is 0.390. The van der Waals surface area contributed by atoms with Gasteiger partial charge in [0.25, 0.3) is 0 Å². The van der Waals surface area contributed by atoms with Crippen molar-refractivity contribution in [3.8, 4) is 0 Å². The van der Waals surface area contributed by atoms with Crippen molar-refractivity contribution in [2.24, 2.45) is 0 Å². The number of hydrogen-bond donors (Lipinski definition) is 0. The zero-order valence-corrected chi connectivity index (χ0v) is 13.5. The molecule has 0 aromatic carbocycles. The van der Waals surface area contributed by atoms with Gasteiger partial charge in [-0.25, -0.2) is 0 Å². The van der Waals surface area contributed by atoms with E-state index in [4.69, 9.17) is 0 Å². The summed E-state index contributed by atoms with van der Waals surface area (Å²) >= 11 is 6.36. The van der Waals surface area contributed by atoms with Crippen LogP contribution < -0.4 is 0 Å². The molecule has 3 nitrogen and oxygen atoms in total. The molecule has 1 heterocycles. The summed E-state index contributed by atoms with van der Waals surface area (Å²) in [6, 6.07) is 0. The average Bonchev–Trinajstić information content (AvgIpc) is 2.82. The Bertz CT molecular complexity index is 381. The van der Waals surface area contributed by atoms with Crippen LogP contribution in [-0.4, -0.2) is 32.6 Å². The third-order valence-electron chi connectivity index (χ3n) is 1.83. The molecular formula is C11H16N2OS4. The second-order valence-corrected chi connectivity index (χ2v) is 8.02. The number of hydrogen-bond acceptors (Lipinski definition) is 7. The summed E-state index contributed by atoms with van der Waals surface area (Å²) in [5.74, 6) is 2.77. The number of aromatic nitrogens is 2. The van der Waals surface area contributed by atoms with Crippen molar-refractivity contribution in [1.29, 1.82) is 0 Å². The van der Waals surface area contributed by atoms with Crippen LogP contribution in [0.5, 0.6) is 0 Å². The Hall–Kier alpha value is 0.0200. The Kier molecular flexibility index (Phi) is 8.83. The molecule has 7 heteroatoms. The van der Waals surface area contributed by atoms with Crippen molar-refractivity contribution in [2.45, 2.75) is 28.4 Å². The van der Waals surface area contributed by atoms with Gasteiger partial charge in [-0.05, 0) is 12.5 Å². The zero-order chi connectivity index (χ0) is 13.2. The fourth-order valence-electron chi connectivity index (χ4n) is 0.948. The van der Waals surface area contributed by atoms with Gasteiger partial charge < -0.3 is 0 Å². The van der Waals surface area contributed by atoms with Gasteiger partial charge in [0.1, 0.15) is 0 Å². The minimum atomic E-state index is 0.0312. The first kappa shape index (κ1) is 16.1. The molecule has 0 spiro atoms. The Morgan fingerprint density at radius 2 is 1.94 bits per heavy atom. The van der Waals surface area contributed by atoms with E-state index >= 15 is 0 Å². The predicted octanol–water partition coefficient (Wildman–Crippen LogP) is 3.97. The number of carbonyl (C=O) groups is 1. The molecule has 0 bridgehead atoms. The van der Waals surface area contributed by atoms with Gasteiger partial charge in [-0.1, -0.05) is 66.5 Å². The Morgan fingerprint density at radius 3 is 2.56 bits per heavy atom. The van der Waals surface area contributed by atoms with Crippen molar-refractivity contribution < 1.29 is 4.79 Å². The molecule has 0 saturated carbocycles. The number of rotatable bonds is 9. The molecule has 0 saturated heterocycles. The van der Waals surface area contributed by atoms with Crippen molar-refractivity contribution in [1.82, 2.24) is 10.2 Å². The first-order valence-electron chi connectivity index (χ1n) is 5.64. The number of thioether (sulfide) groups is 3. The van der Waals surface area contributed by atoms with E-state index in [9.17, 15) is 4.79 Å². The average molecular weight is 321 g/mol. The second kappa shape index (κ2) is 9.89. The van der Waals surface area contributed by atoms with Crippen LogP contribution >= 0.6 is 46.6 Å². The summed E-state index contributed by atoms with van der Waals surface area (Å²) in [6.07, 6.45) is 3.78. The van der Waals surface area contributed by atoms with Gasteiger partial charge in [0, 0.05) is 17.3 Å². The second-order valence-electron chi connectivity index (χ2n) is 3.26. The van der Waals surface area contributed by atoms with E-state index in [1.807, 2.05) is 0 Å². The minimum Gasteiger partial charge on any atom is -0.282 e. The summed E-state index contributed by atoms with van der Waals surface area (Å²) in [6.45, 7) is 5.62. The van der Waals surface area contributed by atoms with Gasteiger partial charge in [-0.3, -0.25) is 4.79 Å². The van der Waals surface area contributed by atoms with Gasteiger partial charge in [0.15, 0.2) is 8.68 Å². The van der Waals surface area contributed by atoms with Gasteiger partial charge in [0.2, 0.25) is 5.12 Å². The third kappa shape index (κ3) is 6.82. The van der Waals surface area contributed by atoms with Gasteiger partial charge in [-0.2, -0.15) is 0 Å². The van der Waals surface area contributed by atoms with Crippen molar-refractivity contribution >= 4 is 51.7 Å². The molecule has 0 unspecified atom stereocenters. The summed E-state index contributed by atoms with van der Waals surface area (Å²) < 4.78 is 2.03. The molecular weight excluding hydrogens is 304 g/mol. The highest BCUT2D eigenvalue weighted by atomic mass is 32.2. The number of nitrogens with zero attached hydrogens (tertiary/aromatic N) is 2. The van der Waals surface area contributed by atoms with Crippen LogP contribution in [0.3, 0.4) is 0 Å². The fraction of sp³-hybridized carbons (Fsp3) is 0.545. The molecule has 0 fully saturated rings. The van der Waals surface area contributed by atoms with Crippen LogP contribution in [0.2, 0.25) is 0 Å². The van der Waals surface area contributed by atoms with E-state index in [2.05, 4.69) is 23.7 Å². The molecule has 1 rings (SSSR count). The Balaban J connectivity index is 2.18. The Labute approximate surface area is 125 Å². The topological polar surface area (TPSA) is 42.9 Å². The lowest BCUT2D eigenvalue weighted by Crippen LogP contribution is -1.89. The maximum Gasteiger partial charge on any atom is 0.211 e. The van der Waals surface area contributed by atoms with Crippen LogP contribution in [0.1, 0.15) is 19.8 Å². The molecule has 0 aliphatic heterocycles. The van der Waals surface area contributed by atoms with Crippen molar-refractivity contribution in [3.63, 3.8) is 0 Å². The molecule has 0 amide bonds. The molecule has 1 aromatic rings. The highest BCUT2D eigenvalue weighted by molar-refractivity contribution is 8.14. The van der Waals surface area contributed by atoms with E-state index in [-0.39, 0.29) is 5.12 Å². The van der Waals surface area contributed by atoms with Gasteiger partial charge in [-0.15, -0.1) is 10.2 Å². The van der Waals surface area contributed by atoms with E-state index < -0.39 is 0 Å². The van der Waals surface area contributed by atoms with E-state index in [0.717, 1.165) is 25.9 Å². The van der Waals surface area contributed by atoms with E-state index in [1.165, 1.54) is 30.7 Å². The summed E-state index contributed by atoms with van der Waals surface area (Å²) in [4.78, 5) is 11.0. The molecule has 0 radical (unpaired) electrons. The normalized spacial score (nSPS) is 10.5. The minimum absolute atomic E-state index is 0.0312. The Morgan fingerprint density at radius 1 is 1.28 bits per heavy atom. The highest BCUT2D eigenvalue weighted by Crippen LogP contribution is 2.29. The number of carbonyl (C=O) groups excluding carboxylic acids is 1. The molecule has 1 aromatic heterocycles. The van der Waals surface area contributed by atoms with Crippen molar-refractivity contribution in [3.05, 3.63) is 12.7 Å². The van der Waals surface area contributed by atoms with Gasteiger partial charge >= 0.3 is 0 Å². The lowest BCUT2D eigenvalue weighted by atomic mass is 10.4. The lowest BCUT2D eigenvalue weighted by Gasteiger charge is -1.95. The van der Waals surface area contributed by atoms with E-state index in [0.29, 0.717) is 0 Å². The fourth-order valence-corrected chi connectivity index (χ4v) is 4.83. The van der Waals surface area contributed by atoms with Gasteiger partial charge in [0.05, 0.1) is 0 Å². The van der Waals surface area contributed by atoms with Crippen LogP contribution in [0.15, 0.2) is 21.3 Å². The molecule has 0 aliphatic carbocycles. The van der Waals surface area contributed by atoms with Crippen molar-refractivity contribution in [2.75, 3.05) is 17.3 Å². The first-order chi connectivity index (χ1) is 8.76. The highest BCUT2D eigenvalue weighted by Gasteiger charge is 2.05. The molecule has 100 valence electrons. The third-order valence-corrected chi connectivity index (χ3v) is 6.23. The van der Waals surface area contributed by atoms with Crippen LogP contribution in [-0.2, 0) is 4.79 Å².